The van der Waals surface area contributed by atoms with Gasteiger partial charge >= 0.3 is 12.3 Å². The first kappa shape index (κ1) is 19.9. The Morgan fingerprint density at radius 3 is 2.52 bits per heavy atom. The normalized spacial score (nSPS) is 22.1. The molecule has 1 saturated carbocycles. The maximum atomic E-state index is 13.5. The first-order chi connectivity index (χ1) is 12.4. The number of sulfone groups is 1. The third kappa shape index (κ3) is 4.20. The fraction of sp³-hybridized carbons (Fsp3) is 0.588. The standard InChI is InChI=1S/C17H19F4NO4S/c18-14-4-3-11(8-13(14)17(19,20)21)16(5-6-16)10-27(25,26)9-12-2-1-7-22(12)15(23)24/h3-4,8,12H,1-2,5-7,9-10H2,(H,23,24). The lowest BCUT2D eigenvalue weighted by atomic mass is 9.96. The minimum absolute atomic E-state index is 0.154. The third-order valence-electron chi connectivity index (χ3n) is 5.30. The number of rotatable bonds is 5. The number of hydrogen-bond donors (Lipinski definition) is 1. The number of benzene rings is 1. The second-order valence-corrected chi connectivity index (χ2v) is 9.41. The van der Waals surface area contributed by atoms with Crippen LogP contribution in [0, 0.1) is 5.82 Å². The van der Waals surface area contributed by atoms with Crippen LogP contribution in [0.1, 0.15) is 36.8 Å². The lowest BCUT2D eigenvalue weighted by Gasteiger charge is -2.23. The Morgan fingerprint density at radius 2 is 1.96 bits per heavy atom. The van der Waals surface area contributed by atoms with E-state index in [9.17, 15) is 30.8 Å². The van der Waals surface area contributed by atoms with Crippen LogP contribution in [0.15, 0.2) is 18.2 Å². The Kier molecular flexibility index (Phi) is 4.90. The smallest absolute Gasteiger partial charge is 0.419 e. The van der Waals surface area contributed by atoms with E-state index in [0.717, 1.165) is 4.90 Å². The molecule has 1 saturated heterocycles. The van der Waals surface area contributed by atoms with Crippen LogP contribution < -0.4 is 0 Å². The molecule has 150 valence electrons. The second-order valence-electron chi connectivity index (χ2n) is 7.30. The van der Waals surface area contributed by atoms with E-state index in [1.807, 2.05) is 0 Å². The molecular weight excluding hydrogens is 390 g/mol. The summed E-state index contributed by atoms with van der Waals surface area (Å²) in [5.41, 5.74) is -2.21. The van der Waals surface area contributed by atoms with Crippen LogP contribution in [0.4, 0.5) is 22.4 Å². The van der Waals surface area contributed by atoms with Gasteiger partial charge in [-0.05, 0) is 43.4 Å². The van der Waals surface area contributed by atoms with Crippen LogP contribution >= 0.6 is 0 Å². The van der Waals surface area contributed by atoms with E-state index in [0.29, 0.717) is 37.8 Å². The highest BCUT2D eigenvalue weighted by atomic mass is 32.2. The summed E-state index contributed by atoms with van der Waals surface area (Å²) in [6.45, 7) is 0.271. The van der Waals surface area contributed by atoms with Gasteiger partial charge in [0.15, 0.2) is 9.84 Å². The third-order valence-corrected chi connectivity index (χ3v) is 7.19. The molecule has 5 nitrogen and oxygen atoms in total. The highest BCUT2D eigenvalue weighted by Crippen LogP contribution is 2.50. The van der Waals surface area contributed by atoms with Crippen molar-refractivity contribution in [2.75, 3.05) is 18.1 Å². The van der Waals surface area contributed by atoms with Crippen molar-refractivity contribution in [2.24, 2.45) is 0 Å². The highest BCUT2D eigenvalue weighted by molar-refractivity contribution is 7.91. The number of hydrogen-bond acceptors (Lipinski definition) is 3. The molecule has 0 spiro atoms. The summed E-state index contributed by atoms with van der Waals surface area (Å²) in [6.07, 6.45) is -4.24. The molecule has 1 aromatic carbocycles. The van der Waals surface area contributed by atoms with Gasteiger partial charge in [-0.2, -0.15) is 13.2 Å². The Labute approximate surface area is 153 Å². The van der Waals surface area contributed by atoms with Gasteiger partial charge < -0.3 is 10.0 Å². The van der Waals surface area contributed by atoms with Gasteiger partial charge in [0.1, 0.15) is 5.82 Å². The number of carboxylic acid groups (broad SMARTS) is 1. The lowest BCUT2D eigenvalue weighted by Crippen LogP contribution is -2.40. The van der Waals surface area contributed by atoms with E-state index in [-0.39, 0.29) is 23.6 Å². The van der Waals surface area contributed by atoms with E-state index >= 15 is 0 Å². The number of amides is 1. The molecule has 0 bridgehead atoms. The number of nitrogens with zero attached hydrogens (tertiary/aromatic N) is 1. The van der Waals surface area contributed by atoms with Gasteiger partial charge in [0.25, 0.3) is 0 Å². The zero-order valence-electron chi connectivity index (χ0n) is 14.3. The van der Waals surface area contributed by atoms with Crippen molar-refractivity contribution in [3.8, 4) is 0 Å². The van der Waals surface area contributed by atoms with E-state index in [1.165, 1.54) is 6.07 Å². The summed E-state index contributed by atoms with van der Waals surface area (Å²) in [5, 5.41) is 9.13. The maximum Gasteiger partial charge on any atom is 0.419 e. The molecule has 1 aromatic rings. The number of alkyl halides is 3. The van der Waals surface area contributed by atoms with Crippen molar-refractivity contribution in [2.45, 2.75) is 43.3 Å². The quantitative estimate of drug-likeness (QED) is 0.756. The molecule has 2 aliphatic rings. The maximum absolute atomic E-state index is 13.5. The van der Waals surface area contributed by atoms with Gasteiger partial charge in [0.2, 0.25) is 0 Å². The minimum Gasteiger partial charge on any atom is -0.465 e. The Bertz CT molecular complexity index is 849. The zero-order valence-corrected chi connectivity index (χ0v) is 15.1. The average molecular weight is 409 g/mol. The Balaban J connectivity index is 1.80. The van der Waals surface area contributed by atoms with Crippen molar-refractivity contribution in [3.05, 3.63) is 35.1 Å². The number of carbonyl (C=O) groups is 1. The first-order valence-corrected chi connectivity index (χ1v) is 10.3. The van der Waals surface area contributed by atoms with Crippen LogP contribution in [-0.2, 0) is 21.4 Å². The minimum atomic E-state index is -4.86. The van der Waals surface area contributed by atoms with Gasteiger partial charge in [0, 0.05) is 18.0 Å². The Hall–Kier alpha value is -1.84. The van der Waals surface area contributed by atoms with E-state index in [2.05, 4.69) is 0 Å². The van der Waals surface area contributed by atoms with Gasteiger partial charge in [-0.1, -0.05) is 6.07 Å². The van der Waals surface area contributed by atoms with Gasteiger partial charge in [0.05, 0.1) is 17.1 Å². The molecular formula is C17H19F4NO4S. The fourth-order valence-electron chi connectivity index (χ4n) is 3.77. The molecule has 27 heavy (non-hydrogen) atoms. The van der Waals surface area contributed by atoms with Crippen LogP contribution in [0.2, 0.25) is 0 Å². The van der Waals surface area contributed by atoms with Crippen molar-refractivity contribution >= 4 is 15.9 Å². The molecule has 1 aliphatic heterocycles. The zero-order chi connectivity index (χ0) is 20.0. The summed E-state index contributed by atoms with van der Waals surface area (Å²) < 4.78 is 77.6. The summed E-state index contributed by atoms with van der Waals surface area (Å²) in [7, 11) is -3.71. The van der Waals surface area contributed by atoms with Crippen LogP contribution in [0.25, 0.3) is 0 Å². The monoisotopic (exact) mass is 409 g/mol. The molecule has 0 aromatic heterocycles. The van der Waals surface area contributed by atoms with Crippen molar-refractivity contribution in [3.63, 3.8) is 0 Å². The number of likely N-dealkylation sites (tertiary alicyclic amines) is 1. The second kappa shape index (κ2) is 6.65. The molecule has 1 amide bonds. The fourth-order valence-corrected chi connectivity index (χ4v) is 6.12. The number of halogens is 4. The molecule has 1 atom stereocenters. The van der Waals surface area contributed by atoms with Crippen molar-refractivity contribution in [1.82, 2.24) is 4.90 Å². The molecule has 0 radical (unpaired) electrons. The molecule has 1 heterocycles. The average Bonchev–Trinajstić information content (AvgIpc) is 3.14. The summed E-state index contributed by atoms with van der Waals surface area (Å²) in [4.78, 5) is 12.3. The Morgan fingerprint density at radius 1 is 1.30 bits per heavy atom. The molecule has 3 rings (SSSR count). The van der Waals surface area contributed by atoms with E-state index < -0.39 is 44.9 Å². The highest BCUT2D eigenvalue weighted by Gasteiger charge is 2.49. The lowest BCUT2D eigenvalue weighted by molar-refractivity contribution is -0.140. The van der Waals surface area contributed by atoms with E-state index in [1.54, 1.807) is 0 Å². The van der Waals surface area contributed by atoms with Crippen LogP contribution in [0.3, 0.4) is 0 Å². The largest absolute Gasteiger partial charge is 0.465 e. The van der Waals surface area contributed by atoms with Crippen molar-refractivity contribution in [1.29, 1.82) is 0 Å². The molecule has 1 aliphatic carbocycles. The molecule has 2 fully saturated rings. The topological polar surface area (TPSA) is 74.7 Å². The summed E-state index contributed by atoms with van der Waals surface area (Å²) >= 11 is 0. The van der Waals surface area contributed by atoms with Gasteiger partial charge in [-0.15, -0.1) is 0 Å². The van der Waals surface area contributed by atoms with Crippen LogP contribution in [0.5, 0.6) is 0 Å². The van der Waals surface area contributed by atoms with Gasteiger partial charge in [-0.3, -0.25) is 0 Å². The van der Waals surface area contributed by atoms with E-state index in [4.69, 9.17) is 5.11 Å². The molecule has 1 unspecified atom stereocenters. The molecule has 1 N–H and O–H groups in total. The summed E-state index contributed by atoms with van der Waals surface area (Å²) in [5.74, 6) is -2.12. The predicted octanol–water partition coefficient (Wildman–Crippen LogP) is 3.43. The van der Waals surface area contributed by atoms with Crippen molar-refractivity contribution < 1.29 is 35.9 Å². The first-order valence-electron chi connectivity index (χ1n) is 8.51. The SMILES string of the molecule is O=C(O)N1CCCC1CS(=O)(=O)CC1(c2ccc(F)c(C(F)(F)F)c2)CC1. The summed E-state index contributed by atoms with van der Waals surface area (Å²) in [6, 6.07) is 1.97. The molecule has 10 heteroatoms. The van der Waals surface area contributed by atoms with Crippen LogP contribution in [-0.4, -0.2) is 48.6 Å². The van der Waals surface area contributed by atoms with Gasteiger partial charge in [-0.25, -0.2) is 17.6 Å². The predicted molar refractivity (Wildman–Crippen MR) is 88.7 cm³/mol.